The Morgan fingerprint density at radius 3 is 1.50 bits per heavy atom. The number of aromatic nitrogens is 1. The third kappa shape index (κ3) is 1.84. The van der Waals surface area contributed by atoms with Crippen LogP contribution in [0.2, 0.25) is 0 Å². The van der Waals surface area contributed by atoms with Crippen molar-refractivity contribution < 1.29 is 0 Å². The van der Waals surface area contributed by atoms with Crippen LogP contribution in [0.3, 0.4) is 0 Å². The Bertz CT molecular complexity index is 809. The van der Waals surface area contributed by atoms with Gasteiger partial charge < -0.3 is 4.57 Å². The summed E-state index contributed by atoms with van der Waals surface area (Å²) < 4.78 is 2.32. The van der Waals surface area contributed by atoms with Gasteiger partial charge in [-0.2, -0.15) is 0 Å². The first kappa shape index (κ1) is 12.9. The summed E-state index contributed by atoms with van der Waals surface area (Å²) in [6.07, 6.45) is 0. The second kappa shape index (κ2) is 5.14. The molecule has 20 heavy (non-hydrogen) atoms. The summed E-state index contributed by atoms with van der Waals surface area (Å²) in [5, 5.41) is 2.61. The minimum atomic E-state index is 0. The molecule has 0 spiro atoms. The molecule has 1 heterocycles. The zero-order chi connectivity index (χ0) is 12.7. The fourth-order valence-electron chi connectivity index (χ4n) is 2.78. The molecule has 0 saturated carbocycles. The van der Waals surface area contributed by atoms with E-state index >= 15 is 0 Å². The first-order valence-corrected chi connectivity index (χ1v) is 6.49. The van der Waals surface area contributed by atoms with Gasteiger partial charge in [0.2, 0.25) is 0 Å². The number of benzene rings is 3. The summed E-state index contributed by atoms with van der Waals surface area (Å²) >= 11 is 0. The molecular formula is C18H14BrN. The zero-order valence-corrected chi connectivity index (χ0v) is 12.6. The van der Waals surface area contributed by atoms with Crippen molar-refractivity contribution >= 4 is 38.8 Å². The average molecular weight is 324 g/mol. The van der Waals surface area contributed by atoms with Crippen LogP contribution in [-0.2, 0) is 0 Å². The molecule has 4 aromatic rings. The average Bonchev–Trinajstić information content (AvgIpc) is 2.83. The van der Waals surface area contributed by atoms with Gasteiger partial charge >= 0.3 is 0 Å². The van der Waals surface area contributed by atoms with E-state index in [1.165, 1.54) is 27.5 Å². The van der Waals surface area contributed by atoms with Crippen LogP contribution in [0.1, 0.15) is 0 Å². The van der Waals surface area contributed by atoms with E-state index in [2.05, 4.69) is 83.4 Å². The Morgan fingerprint density at radius 1 is 0.500 bits per heavy atom. The third-order valence-corrected chi connectivity index (χ3v) is 3.59. The van der Waals surface area contributed by atoms with Crippen molar-refractivity contribution in [3.05, 3.63) is 78.9 Å². The lowest BCUT2D eigenvalue weighted by Gasteiger charge is -2.06. The smallest absolute Gasteiger partial charge is 0.0541 e. The van der Waals surface area contributed by atoms with Crippen molar-refractivity contribution in [2.24, 2.45) is 0 Å². The highest BCUT2D eigenvalue weighted by Crippen LogP contribution is 2.31. The Labute approximate surface area is 128 Å². The minimum Gasteiger partial charge on any atom is -0.309 e. The van der Waals surface area contributed by atoms with Gasteiger partial charge in [-0.15, -0.1) is 17.0 Å². The van der Waals surface area contributed by atoms with Crippen LogP contribution < -0.4 is 0 Å². The minimum absolute atomic E-state index is 0. The van der Waals surface area contributed by atoms with Crippen LogP contribution in [0.15, 0.2) is 78.9 Å². The number of fused-ring (bicyclic) bond motifs is 3. The normalized spacial score (nSPS) is 10.6. The highest BCUT2D eigenvalue weighted by Gasteiger charge is 2.10. The summed E-state index contributed by atoms with van der Waals surface area (Å²) in [6.45, 7) is 0. The highest BCUT2D eigenvalue weighted by atomic mass is 79.9. The number of para-hydroxylation sites is 3. The number of hydrogen-bond donors (Lipinski definition) is 0. The highest BCUT2D eigenvalue weighted by molar-refractivity contribution is 8.93. The van der Waals surface area contributed by atoms with Crippen molar-refractivity contribution in [1.29, 1.82) is 0 Å². The van der Waals surface area contributed by atoms with E-state index in [9.17, 15) is 0 Å². The van der Waals surface area contributed by atoms with Crippen LogP contribution in [0.4, 0.5) is 0 Å². The maximum Gasteiger partial charge on any atom is 0.0541 e. The molecule has 0 radical (unpaired) electrons. The summed E-state index contributed by atoms with van der Waals surface area (Å²) in [5.41, 5.74) is 3.73. The molecular weight excluding hydrogens is 310 g/mol. The second-order valence-corrected chi connectivity index (χ2v) is 4.71. The maximum absolute atomic E-state index is 2.32. The summed E-state index contributed by atoms with van der Waals surface area (Å²) in [7, 11) is 0. The van der Waals surface area contributed by atoms with Crippen molar-refractivity contribution in [3.63, 3.8) is 0 Å². The molecule has 0 aliphatic heterocycles. The van der Waals surface area contributed by atoms with Gasteiger partial charge in [0.05, 0.1) is 11.0 Å². The van der Waals surface area contributed by atoms with E-state index < -0.39 is 0 Å². The SMILES string of the molecule is Br.c1ccc(-n2c3ccccc3c3ccccc32)cc1. The van der Waals surface area contributed by atoms with E-state index in [1.54, 1.807) is 0 Å². The summed E-state index contributed by atoms with van der Waals surface area (Å²) in [5.74, 6) is 0. The molecule has 0 amide bonds. The predicted molar refractivity (Wildman–Crippen MR) is 91.1 cm³/mol. The van der Waals surface area contributed by atoms with Crippen LogP contribution in [0, 0.1) is 0 Å². The molecule has 0 fully saturated rings. The molecule has 0 N–H and O–H groups in total. The monoisotopic (exact) mass is 323 g/mol. The van der Waals surface area contributed by atoms with Crippen molar-refractivity contribution in [2.75, 3.05) is 0 Å². The molecule has 0 atom stereocenters. The van der Waals surface area contributed by atoms with Gasteiger partial charge in [0.15, 0.2) is 0 Å². The van der Waals surface area contributed by atoms with Gasteiger partial charge in [-0.25, -0.2) is 0 Å². The molecule has 1 nitrogen and oxygen atoms in total. The second-order valence-electron chi connectivity index (χ2n) is 4.71. The van der Waals surface area contributed by atoms with Gasteiger partial charge in [0.1, 0.15) is 0 Å². The molecule has 0 aliphatic rings. The lowest BCUT2D eigenvalue weighted by Crippen LogP contribution is -1.92. The lowest BCUT2D eigenvalue weighted by atomic mass is 10.2. The summed E-state index contributed by atoms with van der Waals surface area (Å²) in [4.78, 5) is 0. The largest absolute Gasteiger partial charge is 0.309 e. The molecule has 1 aromatic heterocycles. The van der Waals surface area contributed by atoms with Gasteiger partial charge in [-0.1, -0.05) is 54.6 Å². The maximum atomic E-state index is 2.32. The molecule has 2 heteroatoms. The Morgan fingerprint density at radius 2 is 0.950 bits per heavy atom. The molecule has 0 aliphatic carbocycles. The number of rotatable bonds is 1. The number of hydrogen-bond acceptors (Lipinski definition) is 0. The van der Waals surface area contributed by atoms with Crippen LogP contribution in [-0.4, -0.2) is 4.57 Å². The molecule has 0 unspecified atom stereocenters. The zero-order valence-electron chi connectivity index (χ0n) is 10.9. The first-order valence-electron chi connectivity index (χ1n) is 6.49. The van der Waals surface area contributed by atoms with Crippen LogP contribution >= 0.6 is 17.0 Å². The third-order valence-electron chi connectivity index (χ3n) is 3.59. The Balaban J connectivity index is 0.00000121. The van der Waals surface area contributed by atoms with E-state index in [0.717, 1.165) is 0 Å². The van der Waals surface area contributed by atoms with Crippen molar-refractivity contribution in [1.82, 2.24) is 4.57 Å². The van der Waals surface area contributed by atoms with Crippen LogP contribution in [0.5, 0.6) is 0 Å². The van der Waals surface area contributed by atoms with E-state index in [-0.39, 0.29) is 17.0 Å². The Hall–Kier alpha value is -2.06. The molecule has 0 saturated heterocycles. The Kier molecular flexibility index (Phi) is 3.33. The van der Waals surface area contributed by atoms with Gasteiger partial charge in [0, 0.05) is 16.5 Å². The van der Waals surface area contributed by atoms with E-state index in [4.69, 9.17) is 0 Å². The standard InChI is InChI=1S/C18H13N.BrH/c1-2-8-14(9-3-1)19-17-12-6-4-10-15(17)16-11-5-7-13-18(16)19;/h1-13H;1H. The van der Waals surface area contributed by atoms with Crippen molar-refractivity contribution in [3.8, 4) is 5.69 Å². The topological polar surface area (TPSA) is 4.93 Å². The molecule has 98 valence electrons. The fraction of sp³-hybridized carbons (Fsp3) is 0. The predicted octanol–water partition coefficient (Wildman–Crippen LogP) is 5.36. The quantitative estimate of drug-likeness (QED) is 0.444. The van der Waals surface area contributed by atoms with Gasteiger partial charge in [0.25, 0.3) is 0 Å². The van der Waals surface area contributed by atoms with E-state index in [0.29, 0.717) is 0 Å². The lowest BCUT2D eigenvalue weighted by molar-refractivity contribution is 1.18. The van der Waals surface area contributed by atoms with Gasteiger partial charge in [-0.3, -0.25) is 0 Å². The first-order chi connectivity index (χ1) is 9.45. The molecule has 0 bridgehead atoms. The summed E-state index contributed by atoms with van der Waals surface area (Å²) in [6, 6.07) is 27.7. The molecule has 4 rings (SSSR count). The van der Waals surface area contributed by atoms with E-state index in [1.807, 2.05) is 0 Å². The van der Waals surface area contributed by atoms with Gasteiger partial charge in [-0.05, 0) is 24.3 Å². The number of halogens is 1. The number of nitrogens with zero attached hydrogens (tertiary/aromatic N) is 1. The van der Waals surface area contributed by atoms with Crippen molar-refractivity contribution in [2.45, 2.75) is 0 Å². The fourth-order valence-corrected chi connectivity index (χ4v) is 2.78. The molecule has 3 aromatic carbocycles. The van der Waals surface area contributed by atoms with Crippen LogP contribution in [0.25, 0.3) is 27.5 Å².